The van der Waals surface area contributed by atoms with Gasteiger partial charge in [-0.2, -0.15) is 0 Å². The van der Waals surface area contributed by atoms with E-state index in [1.807, 2.05) is 0 Å². The lowest BCUT2D eigenvalue weighted by Crippen LogP contribution is -2.63. The Labute approximate surface area is 295 Å². The molecular formula is C38H60O12. The Bertz CT molecular complexity index is 1290. The minimum Gasteiger partial charge on any atom is -0.393 e. The van der Waals surface area contributed by atoms with Crippen molar-refractivity contribution in [3.05, 3.63) is 11.6 Å². The maximum atomic E-state index is 11.1. The molecule has 0 aromatic rings. The van der Waals surface area contributed by atoms with Crippen molar-refractivity contribution >= 4 is 0 Å². The molecule has 0 aromatic heterocycles. The predicted octanol–water partition coefficient (Wildman–Crippen LogP) is 2.00. The highest BCUT2D eigenvalue weighted by molar-refractivity contribution is 5.28. The molecule has 21 atom stereocenters. The fourth-order valence-corrected chi connectivity index (χ4v) is 12.4. The quantitative estimate of drug-likeness (QED) is 0.235. The van der Waals surface area contributed by atoms with Gasteiger partial charge in [0, 0.05) is 24.2 Å². The van der Waals surface area contributed by atoms with Gasteiger partial charge in [0.25, 0.3) is 0 Å². The number of fused-ring (bicyclic) bond motifs is 7. The summed E-state index contributed by atoms with van der Waals surface area (Å²) in [6, 6.07) is 0. The van der Waals surface area contributed by atoms with E-state index in [-0.39, 0.29) is 18.1 Å². The molecule has 3 saturated carbocycles. The molecule has 284 valence electrons. The molecule has 50 heavy (non-hydrogen) atoms. The van der Waals surface area contributed by atoms with Crippen molar-refractivity contribution in [1.82, 2.24) is 0 Å². The Morgan fingerprint density at radius 2 is 1.60 bits per heavy atom. The number of hydrogen-bond donors (Lipinski definition) is 6. The zero-order valence-electron chi connectivity index (χ0n) is 30.2. The van der Waals surface area contributed by atoms with Crippen molar-refractivity contribution in [3.63, 3.8) is 0 Å². The summed E-state index contributed by atoms with van der Waals surface area (Å²) in [6.45, 7) is 11.5. The largest absolute Gasteiger partial charge is 0.393 e. The summed E-state index contributed by atoms with van der Waals surface area (Å²) >= 11 is 0. The summed E-state index contributed by atoms with van der Waals surface area (Å²) in [7, 11) is 0. The third-order valence-corrected chi connectivity index (χ3v) is 15.2. The lowest BCUT2D eigenvalue weighted by molar-refractivity contribution is -0.362. The molecule has 8 aliphatic rings. The molecule has 4 aliphatic carbocycles. The van der Waals surface area contributed by atoms with Gasteiger partial charge in [-0.15, -0.1) is 0 Å². The van der Waals surface area contributed by atoms with Gasteiger partial charge < -0.3 is 59.1 Å². The summed E-state index contributed by atoms with van der Waals surface area (Å²) in [5.74, 6) is 2.08. The van der Waals surface area contributed by atoms with Gasteiger partial charge in [0.1, 0.15) is 36.6 Å². The molecular weight excluding hydrogens is 648 g/mol. The van der Waals surface area contributed by atoms with Crippen molar-refractivity contribution in [3.8, 4) is 0 Å². The predicted molar refractivity (Wildman–Crippen MR) is 177 cm³/mol. The van der Waals surface area contributed by atoms with Crippen LogP contribution in [0.3, 0.4) is 0 Å². The van der Waals surface area contributed by atoms with E-state index >= 15 is 0 Å². The summed E-state index contributed by atoms with van der Waals surface area (Å²) in [5.41, 5.74) is 0.917. The molecule has 7 fully saturated rings. The molecule has 12 nitrogen and oxygen atoms in total. The Morgan fingerprint density at radius 3 is 2.34 bits per heavy atom. The van der Waals surface area contributed by atoms with Crippen LogP contribution < -0.4 is 0 Å². The van der Waals surface area contributed by atoms with Gasteiger partial charge in [-0.25, -0.2) is 0 Å². The highest BCUT2D eigenvalue weighted by Gasteiger charge is 2.69. The zero-order valence-corrected chi connectivity index (χ0v) is 30.2. The van der Waals surface area contributed by atoms with Crippen LogP contribution in [-0.4, -0.2) is 123 Å². The second-order valence-electron chi connectivity index (χ2n) is 17.9. The average Bonchev–Trinajstić information content (AvgIpc) is 3.53. The van der Waals surface area contributed by atoms with Crippen molar-refractivity contribution in [2.24, 2.45) is 46.3 Å². The topological polar surface area (TPSA) is 177 Å². The standard InChI is InChI=1S/C38H60O12/c1-17-8-11-38(46-15-17)18(2)28-26(50-38)14-24-22-7-6-20-12-21(39)13-27(37(20,5)23(22)9-10-36(24,28)4)48-35-33(30(42)25(40)16-45-35)49-34-32(44)31(43)29(41)19(3)47-34/h6,17-19,21-35,39-44H,7-16H2,1-5H3/t17-,18+,19-,21+,22-,23?,24?,25-,26+,27-,28?,29-,30+,31+,32-,33-,34+,35+,36+,37+,38-/m1/s1. The second-order valence-corrected chi connectivity index (χ2v) is 17.9. The van der Waals surface area contributed by atoms with Crippen LogP contribution in [0.5, 0.6) is 0 Å². The number of rotatable bonds is 4. The first-order valence-electron chi connectivity index (χ1n) is 19.4. The summed E-state index contributed by atoms with van der Waals surface area (Å²) in [6.07, 6.45) is -3.26. The smallest absolute Gasteiger partial charge is 0.187 e. The number of ether oxygens (including phenoxy) is 6. The molecule has 0 aromatic carbocycles. The number of aliphatic hydroxyl groups is 6. The highest BCUT2D eigenvalue weighted by atomic mass is 16.8. The minimum absolute atomic E-state index is 0.134. The third kappa shape index (κ3) is 5.45. The van der Waals surface area contributed by atoms with Gasteiger partial charge in [-0.1, -0.05) is 39.3 Å². The van der Waals surface area contributed by atoms with Crippen molar-refractivity contribution in [2.75, 3.05) is 13.2 Å². The first kappa shape index (κ1) is 36.2. The molecule has 0 radical (unpaired) electrons. The molecule has 4 aliphatic heterocycles. The van der Waals surface area contributed by atoms with Gasteiger partial charge in [0.05, 0.1) is 37.6 Å². The Morgan fingerprint density at radius 1 is 0.820 bits per heavy atom. The van der Waals surface area contributed by atoms with E-state index in [4.69, 9.17) is 28.4 Å². The lowest BCUT2D eigenvalue weighted by Gasteiger charge is -2.60. The molecule has 6 N–H and O–H groups in total. The van der Waals surface area contributed by atoms with Crippen LogP contribution in [0.25, 0.3) is 0 Å². The van der Waals surface area contributed by atoms with E-state index in [0.717, 1.165) is 45.1 Å². The van der Waals surface area contributed by atoms with Crippen LogP contribution in [0.4, 0.5) is 0 Å². The Kier molecular flexibility index (Phi) is 9.38. The highest BCUT2D eigenvalue weighted by Crippen LogP contribution is 2.71. The molecule has 4 heterocycles. The van der Waals surface area contributed by atoms with Crippen LogP contribution in [0, 0.1) is 46.3 Å². The van der Waals surface area contributed by atoms with Crippen LogP contribution in [-0.2, 0) is 28.4 Å². The van der Waals surface area contributed by atoms with E-state index in [2.05, 4.69) is 33.8 Å². The monoisotopic (exact) mass is 708 g/mol. The molecule has 1 spiro atoms. The number of hydrogen-bond acceptors (Lipinski definition) is 12. The van der Waals surface area contributed by atoms with Gasteiger partial charge in [0.2, 0.25) is 0 Å². The Hall–Kier alpha value is -0.740. The van der Waals surface area contributed by atoms with Gasteiger partial charge in [-0.05, 0) is 80.5 Å². The van der Waals surface area contributed by atoms with E-state index in [1.54, 1.807) is 6.92 Å². The van der Waals surface area contributed by atoms with E-state index in [0.29, 0.717) is 48.3 Å². The molecule has 0 amide bonds. The summed E-state index contributed by atoms with van der Waals surface area (Å²) in [4.78, 5) is 0. The summed E-state index contributed by atoms with van der Waals surface area (Å²) < 4.78 is 38.0. The Balaban J connectivity index is 1.04. The van der Waals surface area contributed by atoms with Crippen LogP contribution in [0.15, 0.2) is 11.6 Å². The number of allylic oxidation sites excluding steroid dienone is 1. The van der Waals surface area contributed by atoms with Crippen LogP contribution >= 0.6 is 0 Å². The molecule has 8 rings (SSSR count). The van der Waals surface area contributed by atoms with Crippen molar-refractivity contribution < 1.29 is 59.1 Å². The first-order valence-corrected chi connectivity index (χ1v) is 19.4. The molecule has 0 bridgehead atoms. The maximum Gasteiger partial charge on any atom is 0.187 e. The third-order valence-electron chi connectivity index (χ3n) is 15.2. The minimum atomic E-state index is -1.60. The number of aliphatic hydroxyl groups excluding tert-OH is 6. The zero-order chi connectivity index (χ0) is 35.5. The summed E-state index contributed by atoms with van der Waals surface area (Å²) in [5, 5.41) is 64.1. The van der Waals surface area contributed by atoms with Gasteiger partial charge >= 0.3 is 0 Å². The average molecular weight is 709 g/mol. The molecule has 4 saturated heterocycles. The van der Waals surface area contributed by atoms with Crippen LogP contribution in [0.2, 0.25) is 0 Å². The van der Waals surface area contributed by atoms with E-state index in [1.165, 1.54) is 5.57 Å². The van der Waals surface area contributed by atoms with E-state index < -0.39 is 78.7 Å². The molecule has 3 unspecified atom stereocenters. The first-order chi connectivity index (χ1) is 23.7. The fourth-order valence-electron chi connectivity index (χ4n) is 12.4. The van der Waals surface area contributed by atoms with Gasteiger partial charge in [0.15, 0.2) is 18.4 Å². The second kappa shape index (κ2) is 12.9. The molecule has 12 heteroatoms. The normalized spacial score (nSPS) is 59.3. The fraction of sp³-hybridized carbons (Fsp3) is 0.947. The maximum absolute atomic E-state index is 11.1. The van der Waals surface area contributed by atoms with Gasteiger partial charge in [-0.3, -0.25) is 0 Å². The SMILES string of the molecule is C[C@@H]1CC[C@@]2(OC1)O[C@H]1CC3[C@@H]4CC=C5C[C@H](O)C[C@@H](O[C@@H]6OC[C@@H](O)[C@H](O)[C@H]6O[C@@H]6O[C@H](C)[C@@H](O)[C@H](O)[C@H]6O)[C@]5(C)C4CC[C@]3(C)C1[C@@H]2C. The van der Waals surface area contributed by atoms with Crippen molar-refractivity contribution in [2.45, 2.75) is 165 Å². The van der Waals surface area contributed by atoms with E-state index in [9.17, 15) is 30.6 Å². The van der Waals surface area contributed by atoms with Crippen molar-refractivity contribution in [1.29, 1.82) is 0 Å². The van der Waals surface area contributed by atoms with Crippen LogP contribution in [0.1, 0.15) is 86.0 Å². The lowest BCUT2D eigenvalue weighted by atomic mass is 9.46.